The Morgan fingerprint density at radius 1 is 0.405 bits per heavy atom. The quantitative estimate of drug-likeness (QED) is 0.279. The van der Waals surface area contributed by atoms with Gasteiger partial charge in [0, 0.05) is 21.4 Å². The zero-order valence-electron chi connectivity index (χ0n) is 18.7. The van der Waals surface area contributed by atoms with Crippen LogP contribution in [0.4, 0.5) is 11.4 Å². The van der Waals surface area contributed by atoms with E-state index in [0.717, 1.165) is 0 Å². The first-order valence-corrected chi connectivity index (χ1v) is 15.6. The van der Waals surface area contributed by atoms with Gasteiger partial charge in [0.15, 0.2) is 0 Å². The number of anilines is 2. The van der Waals surface area contributed by atoms with Crippen molar-refractivity contribution in [3.63, 3.8) is 0 Å². The molecule has 2 N–H and O–H groups in total. The van der Waals surface area contributed by atoms with Gasteiger partial charge in [-0.3, -0.25) is 9.44 Å². The molecule has 0 unspecified atom stereocenters. The maximum atomic E-state index is 13.0. The smallest absolute Gasteiger partial charge is 0.261 e. The molecule has 0 saturated heterocycles. The van der Waals surface area contributed by atoms with E-state index in [-0.39, 0.29) is 31.0 Å². The average Bonchev–Trinajstić information content (AvgIpc) is 2.85. The highest BCUT2D eigenvalue weighted by atomic mass is 35.5. The fraction of sp³-hybridized carbons (Fsp3) is 0. The molecule has 0 aliphatic carbocycles. The van der Waals surface area contributed by atoms with E-state index < -0.39 is 29.9 Å². The van der Waals surface area contributed by atoms with Crippen LogP contribution in [0.15, 0.2) is 117 Å². The molecule has 0 spiro atoms. The van der Waals surface area contributed by atoms with Crippen molar-refractivity contribution in [1.82, 2.24) is 0 Å². The van der Waals surface area contributed by atoms with Gasteiger partial charge in [0.2, 0.25) is 9.84 Å². The molecule has 0 saturated carbocycles. The van der Waals surface area contributed by atoms with Crippen molar-refractivity contribution in [2.75, 3.05) is 9.44 Å². The lowest BCUT2D eigenvalue weighted by Gasteiger charge is -2.11. The number of benzene rings is 4. The highest BCUT2D eigenvalue weighted by Gasteiger charge is 2.20. The summed E-state index contributed by atoms with van der Waals surface area (Å²) in [5, 5.41) is 0.779. The molecule has 0 aliphatic heterocycles. The SMILES string of the molecule is O=S(=O)(Nc1ccc(S(=O)(=O)c2ccc(NS(=O)(=O)c3ccc(Cl)cc3)cc2)cc1)c1ccc(Cl)cc1. The standard InChI is InChI=1S/C24H18Cl2N2O6S3/c25-17-1-9-23(10-2-17)36(31,32)27-19-5-13-21(14-6-19)35(29,30)22-15-7-20(8-16-22)28-37(33,34)24-11-3-18(26)4-12-24/h1-16,27-28H. The molecule has 192 valence electrons. The summed E-state index contributed by atoms with van der Waals surface area (Å²) in [5.41, 5.74) is 0.335. The molecule has 4 aromatic carbocycles. The maximum absolute atomic E-state index is 13.0. The average molecular weight is 598 g/mol. The Morgan fingerprint density at radius 2 is 0.676 bits per heavy atom. The molecular weight excluding hydrogens is 579 g/mol. The summed E-state index contributed by atoms with van der Waals surface area (Å²) < 4.78 is 80.9. The second-order valence-electron chi connectivity index (χ2n) is 7.67. The number of halogens is 2. The normalized spacial score (nSPS) is 12.2. The van der Waals surface area contributed by atoms with Crippen molar-refractivity contribution in [2.24, 2.45) is 0 Å². The predicted molar refractivity (Wildman–Crippen MR) is 143 cm³/mol. The van der Waals surface area contributed by atoms with Gasteiger partial charge in [-0.25, -0.2) is 25.3 Å². The second-order valence-corrected chi connectivity index (χ2v) is 13.9. The second kappa shape index (κ2) is 10.3. The van der Waals surface area contributed by atoms with Gasteiger partial charge in [-0.2, -0.15) is 0 Å². The van der Waals surface area contributed by atoms with Crippen molar-refractivity contribution < 1.29 is 25.3 Å². The third-order valence-corrected chi connectivity index (χ3v) is 10.2. The molecular formula is C24H18Cl2N2O6S3. The molecule has 0 bridgehead atoms. The molecule has 0 aliphatic rings. The van der Waals surface area contributed by atoms with Gasteiger partial charge >= 0.3 is 0 Å². The van der Waals surface area contributed by atoms with E-state index in [1.54, 1.807) is 0 Å². The van der Waals surface area contributed by atoms with E-state index in [0.29, 0.717) is 10.0 Å². The van der Waals surface area contributed by atoms with Crippen LogP contribution in [-0.4, -0.2) is 25.3 Å². The minimum Gasteiger partial charge on any atom is -0.280 e. The van der Waals surface area contributed by atoms with Crippen LogP contribution in [0.3, 0.4) is 0 Å². The molecule has 8 nitrogen and oxygen atoms in total. The Hall–Kier alpha value is -3.09. The third kappa shape index (κ3) is 6.25. The molecule has 0 amide bonds. The fourth-order valence-corrected chi connectivity index (χ4v) is 6.83. The van der Waals surface area contributed by atoms with Crippen molar-refractivity contribution in [3.05, 3.63) is 107 Å². The molecule has 0 aromatic heterocycles. The zero-order chi connectivity index (χ0) is 26.8. The molecule has 0 radical (unpaired) electrons. The van der Waals surface area contributed by atoms with Crippen molar-refractivity contribution in [3.8, 4) is 0 Å². The van der Waals surface area contributed by atoms with Crippen molar-refractivity contribution in [1.29, 1.82) is 0 Å². The number of rotatable bonds is 8. The molecule has 4 rings (SSSR count). The summed E-state index contributed by atoms with van der Waals surface area (Å²) >= 11 is 11.6. The predicted octanol–water partition coefficient (Wildman–Crippen LogP) is 5.43. The largest absolute Gasteiger partial charge is 0.280 e. The monoisotopic (exact) mass is 596 g/mol. The summed E-state index contributed by atoms with van der Waals surface area (Å²) in [5.74, 6) is 0. The van der Waals surface area contributed by atoms with Gasteiger partial charge in [-0.1, -0.05) is 23.2 Å². The third-order valence-electron chi connectivity index (χ3n) is 5.08. The van der Waals surface area contributed by atoms with E-state index >= 15 is 0 Å². The molecule has 0 fully saturated rings. The minimum atomic E-state index is -3.96. The van der Waals surface area contributed by atoms with Crippen LogP contribution in [0.1, 0.15) is 0 Å². The van der Waals surface area contributed by atoms with E-state index in [4.69, 9.17) is 23.2 Å². The van der Waals surface area contributed by atoms with Crippen LogP contribution in [0.2, 0.25) is 10.0 Å². The number of nitrogens with one attached hydrogen (secondary N) is 2. The van der Waals surface area contributed by atoms with Gasteiger partial charge < -0.3 is 0 Å². The Morgan fingerprint density at radius 3 is 0.973 bits per heavy atom. The topological polar surface area (TPSA) is 126 Å². The Bertz CT molecular complexity index is 1610. The molecule has 4 aromatic rings. The molecule has 37 heavy (non-hydrogen) atoms. The summed E-state index contributed by atoms with van der Waals surface area (Å²) in [7, 11) is -11.7. The van der Waals surface area contributed by atoms with Crippen LogP contribution < -0.4 is 9.44 Å². The number of sulfonamides is 2. The lowest BCUT2D eigenvalue weighted by atomic mass is 10.3. The van der Waals surface area contributed by atoms with Crippen LogP contribution in [0.25, 0.3) is 0 Å². The first-order chi connectivity index (χ1) is 17.4. The number of sulfone groups is 1. The van der Waals surface area contributed by atoms with Crippen molar-refractivity contribution >= 4 is 64.5 Å². The number of hydrogen-bond acceptors (Lipinski definition) is 6. The van der Waals surface area contributed by atoms with E-state index in [2.05, 4.69) is 9.44 Å². The highest BCUT2D eigenvalue weighted by molar-refractivity contribution is 7.93. The lowest BCUT2D eigenvalue weighted by molar-refractivity contribution is 0.595. The van der Waals surface area contributed by atoms with Crippen LogP contribution in [0, 0.1) is 0 Å². The minimum absolute atomic E-state index is 0.000346. The molecule has 0 heterocycles. The summed E-state index contributed by atoms with van der Waals surface area (Å²) in [6.07, 6.45) is 0. The van der Waals surface area contributed by atoms with Crippen molar-refractivity contribution in [2.45, 2.75) is 19.6 Å². The van der Waals surface area contributed by atoms with Gasteiger partial charge in [0.05, 0.1) is 19.6 Å². The molecule has 13 heteroatoms. The van der Waals surface area contributed by atoms with E-state index in [1.165, 1.54) is 97.1 Å². The molecule has 0 atom stereocenters. The highest BCUT2D eigenvalue weighted by Crippen LogP contribution is 2.26. The summed E-state index contributed by atoms with van der Waals surface area (Å²) in [6, 6.07) is 21.6. The first-order valence-electron chi connectivity index (χ1n) is 10.4. The van der Waals surface area contributed by atoms with Crippen LogP contribution >= 0.6 is 23.2 Å². The van der Waals surface area contributed by atoms with Gasteiger partial charge in [0.25, 0.3) is 20.0 Å². The Kier molecular flexibility index (Phi) is 7.54. The van der Waals surface area contributed by atoms with Gasteiger partial charge in [-0.15, -0.1) is 0 Å². The fourth-order valence-electron chi connectivity index (χ4n) is 3.20. The lowest BCUT2D eigenvalue weighted by Crippen LogP contribution is -2.13. The Labute approximate surface area is 224 Å². The maximum Gasteiger partial charge on any atom is 0.261 e. The van der Waals surface area contributed by atoms with E-state index in [9.17, 15) is 25.3 Å². The van der Waals surface area contributed by atoms with E-state index in [1.807, 2.05) is 0 Å². The zero-order valence-corrected chi connectivity index (χ0v) is 22.6. The first kappa shape index (κ1) is 27.0. The van der Waals surface area contributed by atoms with Gasteiger partial charge in [-0.05, 0) is 97.1 Å². The van der Waals surface area contributed by atoms with Crippen LogP contribution in [0.5, 0.6) is 0 Å². The van der Waals surface area contributed by atoms with Gasteiger partial charge in [0.1, 0.15) is 0 Å². The summed E-state index contributed by atoms with van der Waals surface area (Å²) in [4.78, 5) is -0.145. The Balaban J connectivity index is 1.49. The van der Waals surface area contributed by atoms with Crippen LogP contribution in [-0.2, 0) is 29.9 Å². The summed E-state index contributed by atoms with van der Waals surface area (Å²) in [6.45, 7) is 0. The number of hydrogen-bond donors (Lipinski definition) is 2.